The van der Waals surface area contributed by atoms with E-state index < -0.39 is 0 Å². The van der Waals surface area contributed by atoms with Crippen molar-refractivity contribution in [3.05, 3.63) is 28.3 Å². The lowest BCUT2D eigenvalue weighted by Crippen LogP contribution is -2.46. The van der Waals surface area contributed by atoms with Gasteiger partial charge in [0.2, 0.25) is 0 Å². The Morgan fingerprint density at radius 3 is 2.47 bits per heavy atom. The van der Waals surface area contributed by atoms with Gasteiger partial charge in [-0.2, -0.15) is 0 Å². The largest absolute Gasteiger partial charge is 0.370 e. The molecule has 1 aromatic carbocycles. The van der Waals surface area contributed by atoms with Crippen molar-refractivity contribution < 1.29 is 4.79 Å². The van der Waals surface area contributed by atoms with Crippen molar-refractivity contribution in [1.82, 2.24) is 15.5 Å². The van der Waals surface area contributed by atoms with Gasteiger partial charge in [0, 0.05) is 43.3 Å². The molecule has 1 amide bonds. The van der Waals surface area contributed by atoms with Crippen LogP contribution in [0.1, 0.15) is 60.9 Å². The van der Waals surface area contributed by atoms with Crippen LogP contribution in [0.4, 0.5) is 5.69 Å². The second-order valence-electron chi connectivity index (χ2n) is 9.72. The van der Waals surface area contributed by atoms with E-state index >= 15 is 0 Å². The van der Waals surface area contributed by atoms with Gasteiger partial charge in [0.05, 0.1) is 10.7 Å². The monoisotopic (exact) mass is 430 g/mol. The molecule has 6 heteroatoms. The van der Waals surface area contributed by atoms with Crippen LogP contribution in [0.25, 0.3) is 0 Å². The molecule has 0 aromatic heterocycles. The predicted molar refractivity (Wildman–Crippen MR) is 122 cm³/mol. The maximum atomic E-state index is 13.0. The Kier molecular flexibility index (Phi) is 6.22. The summed E-state index contributed by atoms with van der Waals surface area (Å²) >= 11 is 6.91. The summed E-state index contributed by atoms with van der Waals surface area (Å²) in [7, 11) is 0. The summed E-state index contributed by atoms with van der Waals surface area (Å²) in [6.45, 7) is 7.18. The van der Waals surface area contributed by atoms with E-state index in [2.05, 4.69) is 21.6 Å². The zero-order chi connectivity index (χ0) is 20.5. The fraction of sp³-hybridized carbons (Fsp3) is 0.708. The van der Waals surface area contributed by atoms with E-state index in [4.69, 9.17) is 11.6 Å². The van der Waals surface area contributed by atoms with Crippen LogP contribution in [0.5, 0.6) is 0 Å². The maximum absolute atomic E-state index is 13.0. The Morgan fingerprint density at radius 1 is 0.967 bits per heavy atom. The van der Waals surface area contributed by atoms with Gasteiger partial charge < -0.3 is 20.4 Å². The number of hydrogen-bond donors (Lipinski definition) is 2. The summed E-state index contributed by atoms with van der Waals surface area (Å²) in [6.07, 6.45) is 8.83. The number of nitrogens with zero attached hydrogens (tertiary/aromatic N) is 2. The van der Waals surface area contributed by atoms with Gasteiger partial charge in [-0.1, -0.05) is 11.6 Å². The zero-order valence-electron chi connectivity index (χ0n) is 18.0. The number of amides is 1. The van der Waals surface area contributed by atoms with E-state index in [9.17, 15) is 4.79 Å². The number of anilines is 1. The Morgan fingerprint density at radius 2 is 1.73 bits per heavy atom. The first-order valence-corrected chi connectivity index (χ1v) is 12.4. The highest BCUT2D eigenvalue weighted by atomic mass is 35.5. The van der Waals surface area contributed by atoms with Crippen LogP contribution in [0.3, 0.4) is 0 Å². The van der Waals surface area contributed by atoms with Gasteiger partial charge in [-0.3, -0.25) is 4.79 Å². The lowest BCUT2D eigenvalue weighted by molar-refractivity contribution is 0.0674. The van der Waals surface area contributed by atoms with E-state index in [1.165, 1.54) is 45.2 Å². The van der Waals surface area contributed by atoms with Crippen molar-refractivity contribution in [2.24, 2.45) is 11.8 Å². The molecule has 5 nitrogen and oxygen atoms in total. The highest BCUT2D eigenvalue weighted by Gasteiger charge is 2.36. The van der Waals surface area contributed by atoms with Crippen molar-refractivity contribution in [2.75, 3.05) is 44.2 Å². The first kappa shape index (κ1) is 20.6. The highest BCUT2D eigenvalue weighted by molar-refractivity contribution is 6.34. The average Bonchev–Trinajstić information content (AvgIpc) is 3.13. The molecule has 0 spiro atoms. The van der Waals surface area contributed by atoms with Crippen LogP contribution in [0, 0.1) is 11.8 Å². The summed E-state index contributed by atoms with van der Waals surface area (Å²) in [4.78, 5) is 17.5. The van der Waals surface area contributed by atoms with E-state index in [1.54, 1.807) is 0 Å². The Bertz CT molecular complexity index is 765. The standard InChI is InChI=1S/C24H35ClN4O/c25-23-21-16-29(19-2-1-9-27-15-19)24(30)20(21)3-4-22(23)28-12-7-18(8-13-28)14-17-5-10-26-11-6-17/h3-4,17-19,26-27H,1-2,5-16H2. The lowest BCUT2D eigenvalue weighted by atomic mass is 9.83. The molecule has 0 bridgehead atoms. The lowest BCUT2D eigenvalue weighted by Gasteiger charge is -2.36. The first-order chi connectivity index (χ1) is 14.7. The van der Waals surface area contributed by atoms with Gasteiger partial charge in [0.1, 0.15) is 0 Å². The molecule has 1 atom stereocenters. The number of piperidine rings is 3. The van der Waals surface area contributed by atoms with Crippen LogP contribution < -0.4 is 15.5 Å². The topological polar surface area (TPSA) is 47.6 Å². The molecule has 30 heavy (non-hydrogen) atoms. The predicted octanol–water partition coefficient (Wildman–Crippen LogP) is 3.65. The number of rotatable bonds is 4. The first-order valence-electron chi connectivity index (χ1n) is 12.0. The number of halogens is 1. The van der Waals surface area contributed by atoms with Gasteiger partial charge in [0.25, 0.3) is 5.91 Å². The van der Waals surface area contributed by atoms with Crippen LogP contribution in [-0.4, -0.2) is 56.1 Å². The van der Waals surface area contributed by atoms with E-state index in [0.717, 1.165) is 72.7 Å². The fourth-order valence-electron chi connectivity index (χ4n) is 6.00. The molecule has 164 valence electrons. The van der Waals surface area contributed by atoms with Crippen molar-refractivity contribution in [2.45, 2.75) is 57.5 Å². The minimum atomic E-state index is 0.160. The molecule has 3 fully saturated rings. The molecule has 0 saturated carbocycles. The van der Waals surface area contributed by atoms with Crippen LogP contribution >= 0.6 is 11.6 Å². The number of carbonyl (C=O) groups is 1. The van der Waals surface area contributed by atoms with E-state index in [-0.39, 0.29) is 5.91 Å². The molecule has 3 saturated heterocycles. The molecule has 5 rings (SSSR count). The SMILES string of the molecule is O=C1c2ccc(N3CCC(CC4CCNCC4)CC3)c(Cl)c2CN1C1CCCNC1. The minimum absolute atomic E-state index is 0.160. The summed E-state index contributed by atoms with van der Waals surface area (Å²) in [5, 5.41) is 7.72. The molecular weight excluding hydrogens is 396 g/mol. The molecule has 0 radical (unpaired) electrons. The summed E-state index contributed by atoms with van der Waals surface area (Å²) < 4.78 is 0. The Balaban J connectivity index is 1.23. The molecule has 0 aliphatic carbocycles. The van der Waals surface area contributed by atoms with Crippen LogP contribution in [-0.2, 0) is 6.54 Å². The van der Waals surface area contributed by atoms with Gasteiger partial charge in [0.15, 0.2) is 0 Å². The molecule has 1 unspecified atom stereocenters. The maximum Gasteiger partial charge on any atom is 0.254 e. The minimum Gasteiger partial charge on any atom is -0.370 e. The van der Waals surface area contributed by atoms with Crippen molar-refractivity contribution in [3.8, 4) is 0 Å². The molecule has 4 aliphatic heterocycles. The summed E-state index contributed by atoms with van der Waals surface area (Å²) in [5.41, 5.74) is 2.99. The smallest absolute Gasteiger partial charge is 0.254 e. The van der Waals surface area contributed by atoms with Gasteiger partial charge in [-0.05, 0) is 88.5 Å². The summed E-state index contributed by atoms with van der Waals surface area (Å²) in [5.74, 6) is 1.93. The fourth-order valence-corrected chi connectivity index (χ4v) is 6.34. The molecule has 4 aliphatic rings. The summed E-state index contributed by atoms with van der Waals surface area (Å²) in [6, 6.07) is 4.41. The molecule has 1 aromatic rings. The Labute approximate surface area is 185 Å². The number of nitrogens with one attached hydrogen (secondary N) is 2. The number of fused-ring (bicyclic) bond motifs is 1. The average molecular weight is 431 g/mol. The number of benzene rings is 1. The van der Waals surface area contributed by atoms with Crippen LogP contribution in [0.2, 0.25) is 5.02 Å². The van der Waals surface area contributed by atoms with Crippen molar-refractivity contribution >= 4 is 23.2 Å². The van der Waals surface area contributed by atoms with E-state index in [0.29, 0.717) is 12.6 Å². The third-order valence-electron chi connectivity index (χ3n) is 7.83. The quantitative estimate of drug-likeness (QED) is 0.765. The third kappa shape index (κ3) is 4.09. The van der Waals surface area contributed by atoms with Crippen molar-refractivity contribution in [3.63, 3.8) is 0 Å². The van der Waals surface area contributed by atoms with Gasteiger partial charge in [-0.25, -0.2) is 0 Å². The van der Waals surface area contributed by atoms with Crippen LogP contribution in [0.15, 0.2) is 12.1 Å². The third-order valence-corrected chi connectivity index (χ3v) is 8.26. The molecular formula is C24H35ClN4O. The Hall–Kier alpha value is -1.30. The van der Waals surface area contributed by atoms with E-state index in [1.807, 2.05) is 11.0 Å². The molecule has 4 heterocycles. The van der Waals surface area contributed by atoms with Gasteiger partial charge in [-0.15, -0.1) is 0 Å². The second-order valence-corrected chi connectivity index (χ2v) is 10.1. The second kappa shape index (κ2) is 9.05. The number of carbonyl (C=O) groups excluding carboxylic acids is 1. The van der Waals surface area contributed by atoms with Gasteiger partial charge >= 0.3 is 0 Å². The normalized spacial score (nSPS) is 26.3. The number of hydrogen-bond acceptors (Lipinski definition) is 4. The van der Waals surface area contributed by atoms with Crippen molar-refractivity contribution in [1.29, 1.82) is 0 Å². The highest BCUT2D eigenvalue weighted by Crippen LogP contribution is 2.39. The molecule has 2 N–H and O–H groups in total. The zero-order valence-corrected chi connectivity index (χ0v) is 18.7.